The molecule has 1 aromatic heterocycles. The van der Waals surface area contributed by atoms with Crippen LogP contribution in [0.1, 0.15) is 19.3 Å². The van der Waals surface area contributed by atoms with E-state index in [1.54, 1.807) is 6.20 Å². The topological polar surface area (TPSA) is 96.8 Å². The molecule has 0 atom stereocenters. The first-order valence-corrected chi connectivity index (χ1v) is 8.64. The SMILES string of the molecule is O=C(Cn1ncc(N2CCCCC2)cc1=O)NCCN1CCOC1=O. The lowest BCUT2D eigenvalue weighted by molar-refractivity contribution is -0.121. The van der Waals surface area contributed by atoms with Crippen molar-refractivity contribution in [1.29, 1.82) is 0 Å². The van der Waals surface area contributed by atoms with Gasteiger partial charge in [0.25, 0.3) is 5.56 Å². The summed E-state index contributed by atoms with van der Waals surface area (Å²) >= 11 is 0. The van der Waals surface area contributed by atoms with E-state index in [-0.39, 0.29) is 24.1 Å². The Morgan fingerprint density at radius 3 is 2.68 bits per heavy atom. The maximum absolute atomic E-state index is 12.2. The minimum Gasteiger partial charge on any atom is -0.448 e. The monoisotopic (exact) mass is 349 g/mol. The van der Waals surface area contributed by atoms with Gasteiger partial charge in [0.1, 0.15) is 13.2 Å². The molecule has 0 aromatic carbocycles. The molecule has 0 saturated carbocycles. The first kappa shape index (κ1) is 17.2. The van der Waals surface area contributed by atoms with E-state index in [2.05, 4.69) is 15.3 Å². The Kier molecular flexibility index (Phi) is 5.52. The molecule has 3 rings (SSSR count). The second-order valence-electron chi connectivity index (χ2n) is 6.21. The van der Waals surface area contributed by atoms with E-state index in [4.69, 9.17) is 4.74 Å². The van der Waals surface area contributed by atoms with E-state index in [1.807, 2.05) is 0 Å². The Bertz CT molecular complexity index is 683. The second kappa shape index (κ2) is 8.00. The number of aromatic nitrogens is 2. The largest absolute Gasteiger partial charge is 0.448 e. The van der Waals surface area contributed by atoms with Gasteiger partial charge in [-0.1, -0.05) is 0 Å². The third-order valence-corrected chi connectivity index (χ3v) is 4.42. The van der Waals surface area contributed by atoms with E-state index >= 15 is 0 Å². The van der Waals surface area contributed by atoms with Gasteiger partial charge in [-0.25, -0.2) is 9.48 Å². The van der Waals surface area contributed by atoms with Gasteiger partial charge in [-0.2, -0.15) is 5.10 Å². The van der Waals surface area contributed by atoms with Crippen molar-refractivity contribution in [1.82, 2.24) is 20.0 Å². The predicted molar refractivity (Wildman–Crippen MR) is 90.5 cm³/mol. The molecule has 2 fully saturated rings. The van der Waals surface area contributed by atoms with Gasteiger partial charge in [0.15, 0.2) is 0 Å². The summed E-state index contributed by atoms with van der Waals surface area (Å²) < 4.78 is 5.96. The summed E-state index contributed by atoms with van der Waals surface area (Å²) in [4.78, 5) is 39.1. The van der Waals surface area contributed by atoms with Gasteiger partial charge >= 0.3 is 6.09 Å². The fourth-order valence-corrected chi connectivity index (χ4v) is 3.02. The predicted octanol–water partition coefficient (Wildman–Crippen LogP) is -0.198. The summed E-state index contributed by atoms with van der Waals surface area (Å²) in [7, 11) is 0. The van der Waals surface area contributed by atoms with Crippen molar-refractivity contribution >= 4 is 17.7 Å². The highest BCUT2D eigenvalue weighted by molar-refractivity contribution is 5.75. The molecule has 2 aliphatic heterocycles. The van der Waals surface area contributed by atoms with Gasteiger partial charge in [0, 0.05) is 32.2 Å². The molecule has 0 radical (unpaired) electrons. The van der Waals surface area contributed by atoms with Crippen molar-refractivity contribution in [2.75, 3.05) is 44.2 Å². The van der Waals surface area contributed by atoms with Gasteiger partial charge in [-0.3, -0.25) is 9.59 Å². The van der Waals surface area contributed by atoms with E-state index in [0.717, 1.165) is 36.3 Å². The third-order valence-electron chi connectivity index (χ3n) is 4.42. The van der Waals surface area contributed by atoms with Gasteiger partial charge in [-0.15, -0.1) is 0 Å². The Morgan fingerprint density at radius 1 is 1.20 bits per heavy atom. The molecule has 2 aliphatic rings. The molecule has 2 saturated heterocycles. The number of rotatable bonds is 6. The van der Waals surface area contributed by atoms with Crippen molar-refractivity contribution in [2.45, 2.75) is 25.8 Å². The summed E-state index contributed by atoms with van der Waals surface area (Å²) in [5, 5.41) is 6.79. The number of hydrogen-bond donors (Lipinski definition) is 1. The zero-order valence-electron chi connectivity index (χ0n) is 14.1. The molecule has 1 aromatic rings. The summed E-state index contributed by atoms with van der Waals surface area (Å²) in [6.07, 6.45) is 4.74. The number of nitrogens with one attached hydrogen (secondary N) is 1. The minimum absolute atomic E-state index is 0.135. The molecule has 0 aliphatic carbocycles. The van der Waals surface area contributed by atoms with Gasteiger partial charge in [0.2, 0.25) is 5.91 Å². The molecule has 0 spiro atoms. The van der Waals surface area contributed by atoms with E-state index in [9.17, 15) is 14.4 Å². The first-order valence-electron chi connectivity index (χ1n) is 8.64. The zero-order chi connectivity index (χ0) is 17.6. The van der Waals surface area contributed by atoms with Crippen LogP contribution in [0.4, 0.5) is 10.5 Å². The molecule has 3 heterocycles. The molecular formula is C16H23N5O4. The number of cyclic esters (lactones) is 1. The van der Waals surface area contributed by atoms with Gasteiger partial charge < -0.3 is 19.9 Å². The maximum Gasteiger partial charge on any atom is 0.409 e. The first-order chi connectivity index (χ1) is 12.1. The highest BCUT2D eigenvalue weighted by Crippen LogP contribution is 2.16. The van der Waals surface area contributed by atoms with Crippen LogP contribution >= 0.6 is 0 Å². The number of carbonyl (C=O) groups is 2. The Morgan fingerprint density at radius 2 is 2.00 bits per heavy atom. The van der Waals surface area contributed by atoms with Crippen molar-refractivity contribution in [2.24, 2.45) is 0 Å². The minimum atomic E-state index is -0.361. The number of nitrogens with zero attached hydrogens (tertiary/aromatic N) is 4. The molecular weight excluding hydrogens is 326 g/mol. The molecule has 2 amide bonds. The fraction of sp³-hybridized carbons (Fsp3) is 0.625. The average Bonchev–Trinajstić information content (AvgIpc) is 3.02. The Hall–Kier alpha value is -2.58. The number of anilines is 1. The van der Waals surface area contributed by atoms with Crippen LogP contribution in [0.25, 0.3) is 0 Å². The summed E-state index contributed by atoms with van der Waals surface area (Å²) in [6.45, 7) is 3.36. The lowest BCUT2D eigenvalue weighted by Gasteiger charge is -2.28. The number of amides is 2. The molecule has 0 bridgehead atoms. The van der Waals surface area contributed by atoms with Gasteiger partial charge in [0.05, 0.1) is 18.4 Å². The maximum atomic E-state index is 12.2. The highest BCUT2D eigenvalue weighted by Gasteiger charge is 2.21. The molecule has 25 heavy (non-hydrogen) atoms. The van der Waals surface area contributed by atoms with Crippen molar-refractivity contribution in [3.05, 3.63) is 22.6 Å². The van der Waals surface area contributed by atoms with E-state index in [0.29, 0.717) is 26.2 Å². The van der Waals surface area contributed by atoms with Crippen LogP contribution in [0.3, 0.4) is 0 Å². The molecule has 9 heteroatoms. The van der Waals surface area contributed by atoms with Crippen LogP contribution in [0.15, 0.2) is 17.1 Å². The quantitative estimate of drug-likeness (QED) is 0.764. The van der Waals surface area contributed by atoms with Crippen LogP contribution in [0, 0.1) is 0 Å². The number of carbonyl (C=O) groups excluding carboxylic acids is 2. The van der Waals surface area contributed by atoms with Crippen LogP contribution in [-0.2, 0) is 16.1 Å². The number of piperidine rings is 1. The van der Waals surface area contributed by atoms with Gasteiger partial charge in [-0.05, 0) is 19.3 Å². The molecule has 0 unspecified atom stereocenters. The van der Waals surface area contributed by atoms with Crippen molar-refractivity contribution < 1.29 is 14.3 Å². The third kappa shape index (κ3) is 4.49. The summed E-state index contributed by atoms with van der Waals surface area (Å²) in [6, 6.07) is 1.53. The molecule has 1 N–H and O–H groups in total. The normalized spacial score (nSPS) is 17.5. The zero-order valence-corrected chi connectivity index (χ0v) is 14.1. The van der Waals surface area contributed by atoms with Crippen LogP contribution in [-0.4, -0.2) is 66.0 Å². The van der Waals surface area contributed by atoms with E-state index < -0.39 is 0 Å². The van der Waals surface area contributed by atoms with E-state index in [1.165, 1.54) is 17.4 Å². The summed E-state index contributed by atoms with van der Waals surface area (Å²) in [5.74, 6) is -0.312. The standard InChI is InChI=1S/C16H23N5O4/c22-14(17-4-7-20-8-9-25-16(20)24)12-21-15(23)10-13(11-18-21)19-5-2-1-3-6-19/h10-11H,1-9,12H2,(H,17,22). The van der Waals surface area contributed by atoms with Crippen LogP contribution < -0.4 is 15.8 Å². The Balaban J connectivity index is 1.49. The summed E-state index contributed by atoms with van der Waals surface area (Å²) in [5.41, 5.74) is 0.523. The number of ether oxygens (including phenoxy) is 1. The molecule has 136 valence electrons. The lowest BCUT2D eigenvalue weighted by atomic mass is 10.1. The number of hydrogen-bond acceptors (Lipinski definition) is 6. The second-order valence-corrected chi connectivity index (χ2v) is 6.21. The van der Waals surface area contributed by atoms with Crippen LogP contribution in [0.2, 0.25) is 0 Å². The Labute approximate surface area is 145 Å². The lowest BCUT2D eigenvalue weighted by Crippen LogP contribution is -2.39. The van der Waals surface area contributed by atoms with Crippen molar-refractivity contribution in [3.63, 3.8) is 0 Å². The average molecular weight is 349 g/mol. The smallest absolute Gasteiger partial charge is 0.409 e. The van der Waals surface area contributed by atoms with Crippen LogP contribution in [0.5, 0.6) is 0 Å². The highest BCUT2D eigenvalue weighted by atomic mass is 16.6. The fourth-order valence-electron chi connectivity index (χ4n) is 3.02. The van der Waals surface area contributed by atoms with Crippen molar-refractivity contribution in [3.8, 4) is 0 Å². The molecule has 9 nitrogen and oxygen atoms in total.